The number of anilines is 1. The zero-order valence-corrected chi connectivity index (χ0v) is 13.9. The fourth-order valence-electron chi connectivity index (χ4n) is 2.01. The van der Waals surface area contributed by atoms with Crippen molar-refractivity contribution in [1.82, 2.24) is 4.98 Å². The number of pyridine rings is 1. The maximum absolute atomic E-state index is 10.6. The maximum atomic E-state index is 10.6. The summed E-state index contributed by atoms with van der Waals surface area (Å²) in [6, 6.07) is 9.80. The number of nitrogens with zero attached hydrogens (tertiary/aromatic N) is 5. The smallest absolute Gasteiger partial charge is 0.258 e. The topological polar surface area (TPSA) is 95.4 Å². The molecule has 0 bridgehead atoms. The van der Waals surface area contributed by atoms with Crippen molar-refractivity contribution in [2.75, 3.05) is 11.6 Å². The van der Waals surface area contributed by atoms with Crippen LogP contribution in [-0.2, 0) is 0 Å². The van der Waals surface area contributed by atoms with Crippen molar-refractivity contribution in [2.24, 2.45) is 5.10 Å². The predicted octanol–water partition coefficient (Wildman–Crippen LogP) is 3.68. The molecule has 0 aliphatic carbocycles. The second-order valence-corrected chi connectivity index (χ2v) is 5.24. The molecule has 2 rings (SSSR count). The van der Waals surface area contributed by atoms with Crippen molar-refractivity contribution in [2.45, 2.75) is 13.8 Å². The highest BCUT2D eigenvalue weighted by Gasteiger charge is 2.11. The fourth-order valence-corrected chi connectivity index (χ4v) is 2.28. The summed E-state index contributed by atoms with van der Waals surface area (Å²) in [7, 11) is 0. The third kappa shape index (κ3) is 3.86. The quantitative estimate of drug-likeness (QED) is 0.357. The number of non-ortho nitro benzene ring substituents is 1. The van der Waals surface area contributed by atoms with Crippen LogP contribution >= 0.6 is 11.6 Å². The Morgan fingerprint density at radius 1 is 1.46 bits per heavy atom. The van der Waals surface area contributed by atoms with Crippen LogP contribution < -0.4 is 5.01 Å². The standard InChI is InChI=1S/C16H14ClN5O2/c1-3-21(15-8-11(2)14(9-18)16(17)20-15)19-10-12-4-6-13(7-5-12)22(23)24/h4-8,10H,3H2,1-2H3/b19-10+. The lowest BCUT2D eigenvalue weighted by atomic mass is 10.2. The molecule has 8 heteroatoms. The van der Waals surface area contributed by atoms with Crippen molar-refractivity contribution in [3.05, 3.63) is 62.3 Å². The number of hydrogen-bond acceptors (Lipinski definition) is 6. The lowest BCUT2D eigenvalue weighted by molar-refractivity contribution is -0.384. The van der Waals surface area contributed by atoms with Crippen LogP contribution in [0.2, 0.25) is 5.15 Å². The van der Waals surface area contributed by atoms with Crippen molar-refractivity contribution in [3.63, 3.8) is 0 Å². The first-order valence-electron chi connectivity index (χ1n) is 7.09. The molecule has 0 aliphatic rings. The van der Waals surface area contributed by atoms with E-state index in [1.54, 1.807) is 36.3 Å². The first kappa shape index (κ1) is 17.4. The van der Waals surface area contributed by atoms with Crippen LogP contribution in [-0.4, -0.2) is 22.7 Å². The molecule has 122 valence electrons. The van der Waals surface area contributed by atoms with Crippen molar-refractivity contribution in [1.29, 1.82) is 5.26 Å². The number of nitro groups is 1. The van der Waals surface area contributed by atoms with Gasteiger partial charge in [0.2, 0.25) is 0 Å². The van der Waals surface area contributed by atoms with Gasteiger partial charge in [-0.3, -0.25) is 10.1 Å². The van der Waals surface area contributed by atoms with Gasteiger partial charge in [-0.1, -0.05) is 11.6 Å². The number of halogens is 1. The second kappa shape index (κ2) is 7.53. The molecule has 0 saturated carbocycles. The Labute approximate surface area is 144 Å². The van der Waals surface area contributed by atoms with E-state index in [0.717, 1.165) is 11.1 Å². The Hall–Kier alpha value is -2.98. The largest absolute Gasteiger partial charge is 0.269 e. The van der Waals surface area contributed by atoms with Crippen LogP contribution in [0.3, 0.4) is 0 Å². The third-order valence-electron chi connectivity index (χ3n) is 3.28. The van der Waals surface area contributed by atoms with Crippen molar-refractivity contribution >= 4 is 29.3 Å². The van der Waals surface area contributed by atoms with Crippen LogP contribution in [0.5, 0.6) is 0 Å². The molecule has 0 spiro atoms. The van der Waals surface area contributed by atoms with E-state index in [-0.39, 0.29) is 10.8 Å². The number of benzene rings is 1. The van der Waals surface area contributed by atoms with Gasteiger partial charge in [0, 0.05) is 18.7 Å². The Kier molecular flexibility index (Phi) is 5.45. The highest BCUT2D eigenvalue weighted by atomic mass is 35.5. The Morgan fingerprint density at radius 2 is 2.12 bits per heavy atom. The summed E-state index contributed by atoms with van der Waals surface area (Å²) >= 11 is 6.02. The zero-order valence-electron chi connectivity index (χ0n) is 13.1. The molecular weight excluding hydrogens is 330 g/mol. The minimum atomic E-state index is -0.454. The Balaban J connectivity index is 2.26. The third-order valence-corrected chi connectivity index (χ3v) is 3.56. The van der Waals surface area contributed by atoms with Crippen molar-refractivity contribution < 1.29 is 4.92 Å². The van der Waals surface area contributed by atoms with Crippen LogP contribution in [0.15, 0.2) is 35.4 Å². The average Bonchev–Trinajstić information content (AvgIpc) is 2.55. The number of nitriles is 1. The molecule has 0 N–H and O–H groups in total. The number of aryl methyl sites for hydroxylation is 1. The summed E-state index contributed by atoms with van der Waals surface area (Å²) in [5.41, 5.74) is 1.80. The summed E-state index contributed by atoms with van der Waals surface area (Å²) in [6.07, 6.45) is 1.58. The molecule has 1 aromatic carbocycles. The molecule has 1 aromatic heterocycles. The Morgan fingerprint density at radius 3 is 2.62 bits per heavy atom. The molecule has 2 aromatic rings. The monoisotopic (exact) mass is 343 g/mol. The van der Waals surface area contributed by atoms with Crippen molar-refractivity contribution in [3.8, 4) is 6.07 Å². The van der Waals surface area contributed by atoms with Crippen LogP contribution in [0, 0.1) is 28.4 Å². The normalized spacial score (nSPS) is 10.6. The summed E-state index contributed by atoms with van der Waals surface area (Å²) < 4.78 is 0. The van der Waals surface area contributed by atoms with E-state index in [9.17, 15) is 10.1 Å². The van der Waals surface area contributed by atoms with Gasteiger partial charge in [-0.15, -0.1) is 0 Å². The summed E-state index contributed by atoms with van der Waals surface area (Å²) in [6.45, 7) is 4.22. The van der Waals surface area contributed by atoms with E-state index >= 15 is 0 Å². The van der Waals surface area contributed by atoms with E-state index in [4.69, 9.17) is 16.9 Å². The van der Waals surface area contributed by atoms with E-state index in [1.807, 2.05) is 13.0 Å². The van der Waals surface area contributed by atoms with E-state index in [0.29, 0.717) is 17.9 Å². The molecular formula is C16H14ClN5O2. The molecule has 0 amide bonds. The zero-order chi connectivity index (χ0) is 17.7. The van der Waals surface area contributed by atoms with Gasteiger partial charge < -0.3 is 0 Å². The second-order valence-electron chi connectivity index (χ2n) is 4.88. The van der Waals surface area contributed by atoms with E-state index in [2.05, 4.69) is 10.1 Å². The number of hydrazone groups is 1. The molecule has 0 radical (unpaired) electrons. The lowest BCUT2D eigenvalue weighted by Gasteiger charge is -2.17. The molecule has 0 unspecified atom stereocenters. The number of rotatable bonds is 5. The number of hydrogen-bond donors (Lipinski definition) is 0. The minimum absolute atomic E-state index is 0.0238. The molecule has 0 saturated heterocycles. The van der Waals surface area contributed by atoms with Gasteiger partial charge in [0.15, 0.2) is 5.82 Å². The van der Waals surface area contributed by atoms with Crippen LogP contribution in [0.4, 0.5) is 11.5 Å². The summed E-state index contributed by atoms with van der Waals surface area (Å²) in [5.74, 6) is 0.525. The molecule has 0 atom stereocenters. The number of aromatic nitrogens is 1. The van der Waals surface area contributed by atoms with Gasteiger partial charge in [-0.25, -0.2) is 9.99 Å². The Bertz CT molecular complexity index is 804. The summed E-state index contributed by atoms with van der Waals surface area (Å²) in [4.78, 5) is 14.4. The first-order chi connectivity index (χ1) is 11.5. The predicted molar refractivity (Wildman–Crippen MR) is 92.4 cm³/mol. The average molecular weight is 344 g/mol. The number of nitro benzene ring substituents is 1. The van der Waals surface area contributed by atoms with Gasteiger partial charge in [-0.2, -0.15) is 10.4 Å². The highest BCUT2D eigenvalue weighted by molar-refractivity contribution is 6.30. The van der Waals surface area contributed by atoms with E-state index in [1.165, 1.54) is 12.1 Å². The summed E-state index contributed by atoms with van der Waals surface area (Å²) in [5, 5.41) is 25.8. The first-order valence-corrected chi connectivity index (χ1v) is 7.47. The van der Waals surface area contributed by atoms with Crippen LogP contribution in [0.25, 0.3) is 0 Å². The molecule has 0 fully saturated rings. The van der Waals surface area contributed by atoms with E-state index < -0.39 is 4.92 Å². The molecule has 1 heterocycles. The van der Waals surface area contributed by atoms with Crippen LogP contribution in [0.1, 0.15) is 23.6 Å². The van der Waals surface area contributed by atoms with Gasteiger partial charge in [0.1, 0.15) is 11.2 Å². The fraction of sp³-hybridized carbons (Fsp3) is 0.188. The van der Waals surface area contributed by atoms with Gasteiger partial charge in [0.05, 0.1) is 16.7 Å². The van der Waals surface area contributed by atoms with Gasteiger partial charge in [0.25, 0.3) is 5.69 Å². The molecule has 0 aliphatic heterocycles. The maximum Gasteiger partial charge on any atom is 0.269 e. The van der Waals surface area contributed by atoms with Gasteiger partial charge >= 0.3 is 0 Å². The minimum Gasteiger partial charge on any atom is -0.258 e. The van der Waals surface area contributed by atoms with Gasteiger partial charge in [-0.05, 0) is 43.2 Å². The SMILES string of the molecule is CCN(/N=C/c1ccc([N+](=O)[O-])cc1)c1cc(C)c(C#N)c(Cl)n1. The lowest BCUT2D eigenvalue weighted by Crippen LogP contribution is -2.17. The molecule has 24 heavy (non-hydrogen) atoms. The molecule has 7 nitrogen and oxygen atoms in total. The highest BCUT2D eigenvalue weighted by Crippen LogP contribution is 2.23.